The molecular weight excluding hydrogens is 539 g/mol. The third-order valence-corrected chi connectivity index (χ3v) is 6.63. The first-order chi connectivity index (χ1) is 18.9. The fraction of sp³-hybridized carbons (Fsp3) is 0.267. The van der Waals surface area contributed by atoms with Crippen molar-refractivity contribution in [2.75, 3.05) is 13.2 Å². The zero-order valence-electron chi connectivity index (χ0n) is 21.6. The van der Waals surface area contributed by atoms with Crippen molar-refractivity contribution in [1.29, 1.82) is 5.26 Å². The summed E-state index contributed by atoms with van der Waals surface area (Å²) < 4.78 is 22.6. The molecule has 1 heterocycles. The summed E-state index contributed by atoms with van der Waals surface area (Å²) in [5.41, 5.74) is 8.15. The van der Waals surface area contributed by atoms with Gasteiger partial charge in [-0.25, -0.2) is 4.79 Å². The van der Waals surface area contributed by atoms with E-state index in [9.17, 15) is 10.1 Å². The number of nitrogens with two attached hydrogens (primary N) is 1. The van der Waals surface area contributed by atoms with Gasteiger partial charge in [-0.15, -0.1) is 0 Å². The zero-order chi connectivity index (χ0) is 27.9. The van der Waals surface area contributed by atoms with E-state index in [1.54, 1.807) is 18.2 Å². The molecule has 9 heteroatoms. The van der Waals surface area contributed by atoms with Crippen molar-refractivity contribution >= 4 is 29.2 Å². The Morgan fingerprint density at radius 1 is 0.974 bits per heavy atom. The first-order valence-electron chi connectivity index (χ1n) is 12.6. The summed E-state index contributed by atoms with van der Waals surface area (Å²) in [4.78, 5) is 12.9. The number of unbranched alkanes of at least 4 members (excludes halogenated alkanes) is 1. The van der Waals surface area contributed by atoms with E-state index in [0.717, 1.165) is 30.6 Å². The van der Waals surface area contributed by atoms with E-state index in [0.29, 0.717) is 35.8 Å². The maximum Gasteiger partial charge on any atom is 0.343 e. The average Bonchev–Trinajstić information content (AvgIpc) is 2.92. The summed E-state index contributed by atoms with van der Waals surface area (Å²) in [7, 11) is 0. The molecule has 0 saturated heterocycles. The highest BCUT2D eigenvalue weighted by molar-refractivity contribution is 6.37. The number of esters is 1. The normalized spacial score (nSPS) is 14.2. The molecule has 0 aliphatic carbocycles. The fourth-order valence-corrected chi connectivity index (χ4v) is 4.71. The third-order valence-electron chi connectivity index (χ3n) is 6.07. The van der Waals surface area contributed by atoms with Gasteiger partial charge < -0.3 is 24.7 Å². The Bertz CT molecular complexity index is 1410. The third kappa shape index (κ3) is 6.42. The molecule has 1 aliphatic heterocycles. The summed E-state index contributed by atoms with van der Waals surface area (Å²) in [5.74, 6) is 0.550. The summed E-state index contributed by atoms with van der Waals surface area (Å²) in [5, 5.41) is 10.3. The van der Waals surface area contributed by atoms with Gasteiger partial charge in [0.2, 0.25) is 5.88 Å². The number of carbonyl (C=O) groups excluding carboxylic acids is 1. The monoisotopic (exact) mass is 566 g/mol. The predicted octanol–water partition coefficient (Wildman–Crippen LogP) is 7.40. The number of nitriles is 1. The molecule has 0 saturated carbocycles. The molecule has 0 amide bonds. The van der Waals surface area contributed by atoms with E-state index in [1.807, 2.05) is 31.2 Å². The summed E-state index contributed by atoms with van der Waals surface area (Å²) in [6.45, 7) is 5.15. The molecule has 2 N–H and O–H groups in total. The van der Waals surface area contributed by atoms with Crippen LogP contribution in [0, 0.1) is 11.3 Å². The highest BCUT2D eigenvalue weighted by atomic mass is 35.5. The van der Waals surface area contributed by atoms with Crippen LogP contribution in [0.5, 0.6) is 23.0 Å². The van der Waals surface area contributed by atoms with Crippen LogP contribution in [0.3, 0.4) is 0 Å². The topological polar surface area (TPSA) is 104 Å². The van der Waals surface area contributed by atoms with Crippen LogP contribution in [0.25, 0.3) is 0 Å². The molecule has 0 bridgehead atoms. The van der Waals surface area contributed by atoms with Gasteiger partial charge in [-0.3, -0.25) is 0 Å². The second kappa shape index (κ2) is 12.8. The molecule has 39 heavy (non-hydrogen) atoms. The number of halogens is 2. The van der Waals surface area contributed by atoms with Gasteiger partial charge >= 0.3 is 5.97 Å². The van der Waals surface area contributed by atoms with Crippen LogP contribution in [-0.4, -0.2) is 19.2 Å². The Hall–Kier alpha value is -3.86. The highest BCUT2D eigenvalue weighted by Crippen LogP contribution is 2.44. The number of carbonyl (C=O) groups is 1. The maximum atomic E-state index is 12.9. The van der Waals surface area contributed by atoms with E-state index in [2.05, 4.69) is 13.0 Å². The van der Waals surface area contributed by atoms with Crippen molar-refractivity contribution in [3.8, 4) is 29.1 Å². The van der Waals surface area contributed by atoms with Crippen LogP contribution in [0.4, 0.5) is 0 Å². The Kier molecular flexibility index (Phi) is 9.23. The minimum absolute atomic E-state index is 0.0111. The lowest BCUT2D eigenvalue weighted by molar-refractivity contribution is 0.0734. The number of allylic oxidation sites excluding steroid dienone is 1. The smallest absolute Gasteiger partial charge is 0.343 e. The second-order valence-electron chi connectivity index (χ2n) is 8.90. The van der Waals surface area contributed by atoms with Gasteiger partial charge in [-0.2, -0.15) is 5.26 Å². The van der Waals surface area contributed by atoms with Gasteiger partial charge in [0.15, 0.2) is 5.75 Å². The molecule has 202 valence electrons. The van der Waals surface area contributed by atoms with Crippen LogP contribution in [-0.2, 0) is 0 Å². The van der Waals surface area contributed by atoms with E-state index in [1.165, 1.54) is 12.1 Å². The lowest BCUT2D eigenvalue weighted by atomic mass is 9.83. The van der Waals surface area contributed by atoms with Gasteiger partial charge in [0.25, 0.3) is 0 Å². The van der Waals surface area contributed by atoms with Gasteiger partial charge in [0, 0.05) is 11.6 Å². The van der Waals surface area contributed by atoms with Crippen LogP contribution in [0.15, 0.2) is 66.1 Å². The number of hydrogen-bond donors (Lipinski definition) is 1. The molecule has 1 unspecified atom stereocenters. The molecule has 0 aromatic heterocycles. The van der Waals surface area contributed by atoms with Crippen molar-refractivity contribution in [2.24, 2.45) is 5.73 Å². The minimum Gasteiger partial charge on any atom is -0.494 e. The van der Waals surface area contributed by atoms with Gasteiger partial charge in [-0.05, 0) is 48.7 Å². The summed E-state index contributed by atoms with van der Waals surface area (Å²) in [6.07, 6.45) is 2.80. The van der Waals surface area contributed by atoms with E-state index in [-0.39, 0.29) is 27.2 Å². The number of benzene rings is 3. The molecule has 0 fully saturated rings. The lowest BCUT2D eigenvalue weighted by Gasteiger charge is -2.26. The predicted molar refractivity (Wildman–Crippen MR) is 150 cm³/mol. The van der Waals surface area contributed by atoms with Crippen LogP contribution in [0.2, 0.25) is 10.0 Å². The molecule has 1 aliphatic rings. The number of hydrogen-bond acceptors (Lipinski definition) is 7. The molecule has 3 aromatic rings. The molecule has 4 rings (SSSR count). The SMILES string of the molecule is CCCCOc1ccc(C2C(C#N)=C(N)Oc3cc(OC(=O)c4cc(Cl)c(OCCC)c(Cl)c4)ccc32)cc1. The first kappa shape index (κ1) is 28.2. The van der Waals surface area contributed by atoms with E-state index >= 15 is 0 Å². The number of nitrogens with zero attached hydrogens (tertiary/aromatic N) is 1. The Morgan fingerprint density at radius 2 is 1.67 bits per heavy atom. The molecule has 0 radical (unpaired) electrons. The van der Waals surface area contributed by atoms with E-state index < -0.39 is 11.9 Å². The van der Waals surface area contributed by atoms with Crippen molar-refractivity contribution in [1.82, 2.24) is 0 Å². The molecule has 0 spiro atoms. The number of rotatable bonds is 10. The van der Waals surface area contributed by atoms with Gasteiger partial charge in [0.1, 0.15) is 28.9 Å². The first-order valence-corrected chi connectivity index (χ1v) is 13.4. The molecule has 1 atom stereocenters. The molecular formula is C30H28Cl2N2O5. The van der Waals surface area contributed by atoms with Crippen molar-refractivity contribution in [3.05, 3.63) is 92.8 Å². The Labute approximate surface area is 237 Å². The largest absolute Gasteiger partial charge is 0.494 e. The van der Waals surface area contributed by atoms with Crippen molar-refractivity contribution in [3.63, 3.8) is 0 Å². The standard InChI is InChI=1S/C30H28Cl2N2O5/c1-3-5-13-36-20-8-6-18(7-9-20)27-22-11-10-21(16-26(22)39-29(34)23(27)17-33)38-30(35)19-14-24(31)28(25(32)15-19)37-12-4-2/h6-11,14-16,27H,3-5,12-13,34H2,1-2H3. The Balaban J connectivity index is 1.58. The number of ether oxygens (including phenoxy) is 4. The van der Waals surface area contributed by atoms with Crippen LogP contribution < -0.4 is 24.7 Å². The quantitative estimate of drug-likeness (QED) is 0.155. The summed E-state index contributed by atoms with van der Waals surface area (Å²) in [6, 6.07) is 17.6. The Morgan fingerprint density at radius 3 is 2.31 bits per heavy atom. The van der Waals surface area contributed by atoms with Crippen LogP contribution >= 0.6 is 23.2 Å². The highest BCUT2D eigenvalue weighted by Gasteiger charge is 2.31. The van der Waals surface area contributed by atoms with Crippen molar-refractivity contribution < 1.29 is 23.7 Å². The van der Waals surface area contributed by atoms with Gasteiger partial charge in [-0.1, -0.05) is 61.7 Å². The van der Waals surface area contributed by atoms with Crippen molar-refractivity contribution in [2.45, 2.75) is 39.0 Å². The minimum atomic E-state index is -0.659. The lowest BCUT2D eigenvalue weighted by Crippen LogP contribution is -2.21. The molecule has 7 nitrogen and oxygen atoms in total. The average molecular weight is 567 g/mol. The van der Waals surface area contributed by atoms with Crippen LogP contribution in [0.1, 0.15) is 60.5 Å². The summed E-state index contributed by atoms with van der Waals surface area (Å²) >= 11 is 12.6. The fourth-order valence-electron chi connectivity index (χ4n) is 4.12. The zero-order valence-corrected chi connectivity index (χ0v) is 23.1. The maximum absolute atomic E-state index is 12.9. The van der Waals surface area contributed by atoms with E-state index in [4.69, 9.17) is 47.9 Å². The second-order valence-corrected chi connectivity index (χ2v) is 9.72. The number of fused-ring (bicyclic) bond motifs is 1. The van der Waals surface area contributed by atoms with Gasteiger partial charge in [0.05, 0.1) is 34.7 Å². The molecule has 3 aromatic carbocycles.